The quantitative estimate of drug-likeness (QED) is 0.719. The summed E-state index contributed by atoms with van der Waals surface area (Å²) in [5, 5.41) is 3.52. The molecule has 3 heteroatoms. The van der Waals surface area contributed by atoms with E-state index in [9.17, 15) is 4.79 Å². The topological polar surface area (TPSA) is 32.3 Å². The fraction of sp³-hybridized carbons (Fsp3) is 0.769. The molecule has 0 radical (unpaired) electrons. The lowest BCUT2D eigenvalue weighted by molar-refractivity contribution is -0.126. The first kappa shape index (κ1) is 11.6. The lowest BCUT2D eigenvalue weighted by Gasteiger charge is -2.24. The van der Waals surface area contributed by atoms with Gasteiger partial charge in [-0.05, 0) is 38.6 Å². The largest absolute Gasteiger partial charge is 0.337 e. The highest BCUT2D eigenvalue weighted by Crippen LogP contribution is 2.25. The summed E-state index contributed by atoms with van der Waals surface area (Å²) in [6.45, 7) is 6.97. The maximum absolute atomic E-state index is 12.1. The molecule has 0 aliphatic carbocycles. The van der Waals surface area contributed by atoms with E-state index < -0.39 is 0 Å². The lowest BCUT2D eigenvalue weighted by Crippen LogP contribution is -2.41. The SMILES string of the molecule is CC/C=C(/C)C(=O)N1C[C@@H]2CCCN[C@@H]2C1. The van der Waals surface area contributed by atoms with Crippen LogP contribution in [0.25, 0.3) is 0 Å². The Morgan fingerprint density at radius 2 is 2.31 bits per heavy atom. The molecule has 0 unspecified atom stereocenters. The molecule has 2 aliphatic heterocycles. The van der Waals surface area contributed by atoms with Crippen molar-refractivity contribution in [3.8, 4) is 0 Å². The summed E-state index contributed by atoms with van der Waals surface area (Å²) in [4.78, 5) is 14.1. The van der Waals surface area contributed by atoms with Gasteiger partial charge in [0.1, 0.15) is 0 Å². The van der Waals surface area contributed by atoms with E-state index in [1.807, 2.05) is 17.9 Å². The van der Waals surface area contributed by atoms with Gasteiger partial charge in [-0.15, -0.1) is 0 Å². The maximum Gasteiger partial charge on any atom is 0.249 e. The van der Waals surface area contributed by atoms with Crippen molar-refractivity contribution >= 4 is 5.91 Å². The van der Waals surface area contributed by atoms with Crippen molar-refractivity contribution in [3.63, 3.8) is 0 Å². The van der Waals surface area contributed by atoms with Crippen LogP contribution in [0.2, 0.25) is 0 Å². The van der Waals surface area contributed by atoms with Gasteiger partial charge in [-0.25, -0.2) is 0 Å². The van der Waals surface area contributed by atoms with Gasteiger partial charge in [0.15, 0.2) is 0 Å². The van der Waals surface area contributed by atoms with Crippen LogP contribution in [0.4, 0.5) is 0 Å². The Labute approximate surface area is 97.9 Å². The number of carbonyl (C=O) groups excluding carboxylic acids is 1. The Kier molecular flexibility index (Phi) is 3.64. The first-order chi connectivity index (χ1) is 7.72. The van der Waals surface area contributed by atoms with Crippen molar-refractivity contribution in [3.05, 3.63) is 11.6 Å². The highest BCUT2D eigenvalue weighted by Gasteiger charge is 2.36. The van der Waals surface area contributed by atoms with Crippen LogP contribution in [0.5, 0.6) is 0 Å². The fourth-order valence-electron chi connectivity index (χ4n) is 2.86. The molecule has 2 fully saturated rings. The third kappa shape index (κ3) is 2.29. The lowest BCUT2D eigenvalue weighted by atomic mass is 9.94. The minimum absolute atomic E-state index is 0.234. The molecular formula is C13H22N2O. The Morgan fingerprint density at radius 3 is 3.00 bits per heavy atom. The van der Waals surface area contributed by atoms with Gasteiger partial charge in [-0.3, -0.25) is 4.79 Å². The second-order valence-corrected chi connectivity index (χ2v) is 4.97. The zero-order chi connectivity index (χ0) is 11.5. The van der Waals surface area contributed by atoms with Gasteiger partial charge in [0, 0.05) is 24.7 Å². The van der Waals surface area contributed by atoms with E-state index in [1.165, 1.54) is 12.8 Å². The molecule has 1 amide bonds. The van der Waals surface area contributed by atoms with Gasteiger partial charge in [-0.1, -0.05) is 13.0 Å². The van der Waals surface area contributed by atoms with Crippen molar-refractivity contribution in [2.24, 2.45) is 5.92 Å². The van der Waals surface area contributed by atoms with Crippen LogP contribution >= 0.6 is 0 Å². The highest BCUT2D eigenvalue weighted by molar-refractivity contribution is 5.93. The molecule has 0 saturated carbocycles. The van der Waals surface area contributed by atoms with Gasteiger partial charge in [0.25, 0.3) is 0 Å². The second-order valence-electron chi connectivity index (χ2n) is 4.97. The Bertz CT molecular complexity index is 284. The van der Waals surface area contributed by atoms with Crippen molar-refractivity contribution in [1.82, 2.24) is 10.2 Å². The van der Waals surface area contributed by atoms with Gasteiger partial charge < -0.3 is 10.2 Å². The van der Waals surface area contributed by atoms with Gasteiger partial charge in [-0.2, -0.15) is 0 Å². The second kappa shape index (κ2) is 5.00. The molecule has 2 aliphatic rings. The van der Waals surface area contributed by atoms with Crippen LogP contribution in [-0.2, 0) is 4.79 Å². The molecule has 0 bridgehead atoms. The number of nitrogens with zero attached hydrogens (tertiary/aromatic N) is 1. The molecule has 0 spiro atoms. The first-order valence-electron chi connectivity index (χ1n) is 6.41. The van der Waals surface area contributed by atoms with Crippen LogP contribution in [-0.4, -0.2) is 36.5 Å². The number of hydrogen-bond acceptors (Lipinski definition) is 2. The van der Waals surface area contributed by atoms with Crippen LogP contribution in [0.15, 0.2) is 11.6 Å². The minimum atomic E-state index is 0.234. The van der Waals surface area contributed by atoms with E-state index >= 15 is 0 Å². The van der Waals surface area contributed by atoms with E-state index in [-0.39, 0.29) is 5.91 Å². The summed E-state index contributed by atoms with van der Waals surface area (Å²) in [6, 6.07) is 0.548. The monoisotopic (exact) mass is 222 g/mol. The predicted molar refractivity (Wildman–Crippen MR) is 65.1 cm³/mol. The van der Waals surface area contributed by atoms with Crippen molar-refractivity contribution in [1.29, 1.82) is 0 Å². The molecule has 0 aromatic rings. The van der Waals surface area contributed by atoms with Crippen LogP contribution in [0, 0.1) is 5.92 Å². The number of hydrogen-bond donors (Lipinski definition) is 1. The van der Waals surface area contributed by atoms with E-state index in [2.05, 4.69) is 12.2 Å². The number of nitrogens with one attached hydrogen (secondary N) is 1. The number of piperidine rings is 1. The average molecular weight is 222 g/mol. The summed E-state index contributed by atoms with van der Waals surface area (Å²) in [5.41, 5.74) is 0.904. The van der Waals surface area contributed by atoms with Gasteiger partial charge in [0.05, 0.1) is 0 Å². The normalized spacial score (nSPS) is 30.4. The van der Waals surface area contributed by atoms with Crippen LogP contribution in [0.3, 0.4) is 0 Å². The number of carbonyl (C=O) groups is 1. The summed E-state index contributed by atoms with van der Waals surface area (Å²) in [6.07, 6.45) is 5.50. The third-order valence-corrected chi connectivity index (χ3v) is 3.73. The highest BCUT2D eigenvalue weighted by atomic mass is 16.2. The van der Waals surface area contributed by atoms with Crippen LogP contribution in [0.1, 0.15) is 33.1 Å². The van der Waals surface area contributed by atoms with Gasteiger partial charge >= 0.3 is 0 Å². The molecule has 2 saturated heterocycles. The zero-order valence-electron chi connectivity index (χ0n) is 10.3. The fourth-order valence-corrected chi connectivity index (χ4v) is 2.86. The summed E-state index contributed by atoms with van der Waals surface area (Å²) < 4.78 is 0. The predicted octanol–water partition coefficient (Wildman–Crippen LogP) is 1.55. The van der Waals surface area contributed by atoms with E-state index in [0.29, 0.717) is 12.0 Å². The van der Waals surface area contributed by atoms with Crippen molar-refractivity contribution < 1.29 is 4.79 Å². The third-order valence-electron chi connectivity index (χ3n) is 3.73. The van der Waals surface area contributed by atoms with Crippen LogP contribution < -0.4 is 5.32 Å². The molecule has 1 N–H and O–H groups in total. The van der Waals surface area contributed by atoms with Gasteiger partial charge in [0.2, 0.25) is 5.91 Å². The maximum atomic E-state index is 12.1. The van der Waals surface area contributed by atoms with E-state index in [1.54, 1.807) is 0 Å². The summed E-state index contributed by atoms with van der Waals surface area (Å²) in [7, 11) is 0. The molecule has 0 aromatic carbocycles. The molecule has 90 valence electrons. The number of likely N-dealkylation sites (tertiary alicyclic amines) is 1. The zero-order valence-corrected chi connectivity index (χ0v) is 10.3. The standard InChI is InChI=1S/C13H22N2O/c1-3-5-10(2)13(16)15-8-11-6-4-7-14-12(11)9-15/h5,11-12,14H,3-4,6-9H2,1-2H3/b10-5-/t11-,12+/m0/s1. The molecule has 16 heavy (non-hydrogen) atoms. The average Bonchev–Trinajstić information content (AvgIpc) is 2.71. The van der Waals surface area contributed by atoms with Crippen molar-refractivity contribution in [2.45, 2.75) is 39.2 Å². The Balaban J connectivity index is 1.97. The Morgan fingerprint density at radius 1 is 1.50 bits per heavy atom. The number of rotatable bonds is 2. The summed E-state index contributed by atoms with van der Waals surface area (Å²) in [5.74, 6) is 0.921. The molecule has 2 atom stereocenters. The molecule has 2 heterocycles. The van der Waals surface area contributed by atoms with Crippen molar-refractivity contribution in [2.75, 3.05) is 19.6 Å². The molecule has 3 nitrogen and oxygen atoms in total. The molecule has 2 rings (SSSR count). The number of allylic oxidation sites excluding steroid dienone is 1. The van der Waals surface area contributed by atoms with E-state index in [0.717, 1.165) is 31.6 Å². The first-order valence-corrected chi connectivity index (χ1v) is 6.41. The summed E-state index contributed by atoms with van der Waals surface area (Å²) >= 11 is 0. The minimum Gasteiger partial charge on any atom is -0.337 e. The van der Waals surface area contributed by atoms with E-state index in [4.69, 9.17) is 0 Å². The molecular weight excluding hydrogens is 200 g/mol. The number of fused-ring (bicyclic) bond motifs is 1. The molecule has 0 aromatic heterocycles. The Hall–Kier alpha value is -0.830. The number of amides is 1. The smallest absolute Gasteiger partial charge is 0.249 e.